The number of thiophene rings is 1. The highest BCUT2D eigenvalue weighted by Gasteiger charge is 2.30. The molecule has 0 bridgehead atoms. The van der Waals surface area contributed by atoms with Gasteiger partial charge in [0.1, 0.15) is 9.46 Å². The van der Waals surface area contributed by atoms with Gasteiger partial charge in [-0.25, -0.2) is 8.42 Å². The van der Waals surface area contributed by atoms with Gasteiger partial charge in [0.25, 0.3) is 5.91 Å². The van der Waals surface area contributed by atoms with Gasteiger partial charge in [-0.15, -0.1) is 11.3 Å². The number of carbonyl (C=O) groups excluding carboxylic acids is 1. The topological polar surface area (TPSA) is 76.1 Å². The minimum absolute atomic E-state index is 0.0621. The molecule has 1 atom stereocenters. The number of hydrogen-bond donors (Lipinski definition) is 1. The van der Waals surface area contributed by atoms with Crippen LogP contribution in [0.15, 0.2) is 70.5 Å². The normalized spacial score (nSPS) is 12.5. The number of carbonyl (C=O) groups is 1. The van der Waals surface area contributed by atoms with E-state index in [1.54, 1.807) is 60.1 Å². The molecule has 2 heterocycles. The van der Waals surface area contributed by atoms with Gasteiger partial charge in [0.2, 0.25) is 0 Å². The maximum absolute atomic E-state index is 13.0. The molecule has 0 aliphatic carbocycles. The first-order chi connectivity index (χ1) is 12.5. The molecule has 134 valence electrons. The lowest BCUT2D eigenvalue weighted by Crippen LogP contribution is -2.31. The van der Waals surface area contributed by atoms with Crippen LogP contribution >= 0.6 is 22.9 Å². The first-order valence-corrected chi connectivity index (χ1v) is 10.5. The summed E-state index contributed by atoms with van der Waals surface area (Å²) in [5.74, 6) is -0.364. The highest BCUT2D eigenvalue weighted by molar-refractivity contribution is 7.93. The Hall–Kier alpha value is -2.22. The Morgan fingerprint density at radius 1 is 1.15 bits per heavy atom. The van der Waals surface area contributed by atoms with Crippen molar-refractivity contribution < 1.29 is 13.2 Å². The number of nitrogens with zero attached hydrogens (tertiary/aromatic N) is 1. The number of sulfone groups is 1. The number of aromatic nitrogens is 1. The molecule has 0 saturated heterocycles. The maximum Gasteiger partial charge on any atom is 0.251 e. The molecule has 1 N–H and O–H groups in total. The molecule has 3 rings (SSSR count). The van der Waals surface area contributed by atoms with Crippen molar-refractivity contribution >= 4 is 38.7 Å². The molecule has 0 spiro atoms. The zero-order chi connectivity index (χ0) is 18.6. The largest absolute Gasteiger partial charge is 0.350 e. The standard InChI is InChI=1S/C18H15ClN2O3S2/c19-15-7-5-13(6-8-15)18(22)21-12-16(14-3-1-9-20-11-14)26(23,24)17-4-2-10-25-17/h1-11,16H,12H2,(H,21,22)/t16-/m0/s1. The van der Waals surface area contributed by atoms with Gasteiger partial charge in [-0.2, -0.15) is 0 Å². The third-order valence-electron chi connectivity index (χ3n) is 3.76. The Balaban J connectivity index is 1.85. The summed E-state index contributed by atoms with van der Waals surface area (Å²) in [4.78, 5) is 16.4. The van der Waals surface area contributed by atoms with Crippen molar-refractivity contribution in [2.45, 2.75) is 9.46 Å². The molecule has 0 unspecified atom stereocenters. The Bertz CT molecular complexity index is 973. The van der Waals surface area contributed by atoms with Crippen molar-refractivity contribution in [3.63, 3.8) is 0 Å². The van der Waals surface area contributed by atoms with E-state index in [0.717, 1.165) is 11.3 Å². The summed E-state index contributed by atoms with van der Waals surface area (Å²) in [5, 5.41) is 4.01. The van der Waals surface area contributed by atoms with E-state index >= 15 is 0 Å². The molecule has 0 aliphatic heterocycles. The van der Waals surface area contributed by atoms with Gasteiger partial charge >= 0.3 is 0 Å². The summed E-state index contributed by atoms with van der Waals surface area (Å²) in [5.41, 5.74) is 0.935. The number of amides is 1. The quantitative estimate of drug-likeness (QED) is 0.676. The minimum Gasteiger partial charge on any atom is -0.350 e. The SMILES string of the molecule is O=C(NC[C@@H](c1cccnc1)S(=O)(=O)c1cccs1)c1ccc(Cl)cc1. The molecule has 5 nitrogen and oxygen atoms in total. The molecule has 0 saturated carbocycles. The fourth-order valence-electron chi connectivity index (χ4n) is 2.43. The van der Waals surface area contributed by atoms with Crippen LogP contribution in [-0.2, 0) is 9.84 Å². The predicted octanol–water partition coefficient (Wildman–Crippen LogP) is 3.74. The molecule has 0 radical (unpaired) electrons. The molecule has 8 heteroatoms. The van der Waals surface area contributed by atoms with E-state index in [1.165, 1.54) is 6.20 Å². The van der Waals surface area contributed by atoms with Crippen LogP contribution in [0.1, 0.15) is 21.2 Å². The molecular formula is C18H15ClN2O3S2. The second-order valence-electron chi connectivity index (χ2n) is 5.47. The van der Waals surface area contributed by atoms with Crippen molar-refractivity contribution in [2.24, 2.45) is 0 Å². The highest BCUT2D eigenvalue weighted by atomic mass is 35.5. The molecule has 26 heavy (non-hydrogen) atoms. The minimum atomic E-state index is -3.65. The van der Waals surface area contributed by atoms with Crippen LogP contribution in [0.2, 0.25) is 5.02 Å². The zero-order valence-electron chi connectivity index (χ0n) is 13.5. The fraction of sp³-hybridized carbons (Fsp3) is 0.111. The lowest BCUT2D eigenvalue weighted by molar-refractivity contribution is 0.0953. The van der Waals surface area contributed by atoms with Crippen LogP contribution in [0.4, 0.5) is 0 Å². The molecular weight excluding hydrogens is 392 g/mol. The Kier molecular flexibility index (Phi) is 5.70. The second kappa shape index (κ2) is 7.99. The van der Waals surface area contributed by atoms with E-state index < -0.39 is 15.1 Å². The number of nitrogens with one attached hydrogen (secondary N) is 1. The van der Waals surface area contributed by atoms with Gasteiger partial charge < -0.3 is 5.32 Å². The molecule has 2 aromatic heterocycles. The fourth-order valence-corrected chi connectivity index (χ4v) is 5.40. The molecule has 3 aromatic rings. The number of rotatable bonds is 6. The third-order valence-corrected chi connectivity index (χ3v) is 7.54. The van der Waals surface area contributed by atoms with E-state index in [-0.39, 0.29) is 16.7 Å². The first kappa shape index (κ1) is 18.6. The number of hydrogen-bond acceptors (Lipinski definition) is 5. The maximum atomic E-state index is 13.0. The Labute approximate surface area is 160 Å². The first-order valence-electron chi connectivity index (χ1n) is 7.69. The van der Waals surface area contributed by atoms with Crippen molar-refractivity contribution in [3.05, 3.63) is 82.5 Å². The van der Waals surface area contributed by atoms with E-state index in [4.69, 9.17) is 11.6 Å². The second-order valence-corrected chi connectivity index (χ2v) is 9.21. The summed E-state index contributed by atoms with van der Waals surface area (Å²) in [6.07, 6.45) is 3.08. The summed E-state index contributed by atoms with van der Waals surface area (Å²) in [6, 6.07) is 13.0. The van der Waals surface area contributed by atoms with Crippen molar-refractivity contribution in [3.8, 4) is 0 Å². The van der Waals surface area contributed by atoms with Gasteiger partial charge in [0, 0.05) is 29.5 Å². The van der Waals surface area contributed by atoms with Gasteiger partial charge in [-0.1, -0.05) is 23.7 Å². The molecule has 1 aromatic carbocycles. The van der Waals surface area contributed by atoms with Crippen molar-refractivity contribution in [2.75, 3.05) is 6.54 Å². The third kappa shape index (κ3) is 4.12. The van der Waals surface area contributed by atoms with E-state index in [2.05, 4.69) is 10.3 Å². The van der Waals surface area contributed by atoms with E-state index in [9.17, 15) is 13.2 Å². The van der Waals surface area contributed by atoms with Gasteiger partial charge in [-0.3, -0.25) is 9.78 Å². The van der Waals surface area contributed by atoms with Gasteiger partial charge in [0.05, 0.1) is 0 Å². The summed E-state index contributed by atoms with van der Waals surface area (Å²) in [7, 11) is -3.65. The lowest BCUT2D eigenvalue weighted by atomic mass is 10.2. The molecule has 0 aliphatic rings. The van der Waals surface area contributed by atoms with Crippen molar-refractivity contribution in [1.82, 2.24) is 10.3 Å². The van der Waals surface area contributed by atoms with Crippen LogP contribution in [0.5, 0.6) is 0 Å². The van der Waals surface area contributed by atoms with Crippen molar-refractivity contribution in [1.29, 1.82) is 0 Å². The van der Waals surface area contributed by atoms with Crippen LogP contribution in [0.25, 0.3) is 0 Å². The van der Waals surface area contributed by atoms with Crippen LogP contribution in [-0.4, -0.2) is 25.9 Å². The predicted molar refractivity (Wildman–Crippen MR) is 102 cm³/mol. The van der Waals surface area contributed by atoms with E-state index in [1.807, 2.05) is 0 Å². The molecule has 1 amide bonds. The lowest BCUT2D eigenvalue weighted by Gasteiger charge is -2.18. The summed E-state index contributed by atoms with van der Waals surface area (Å²) >= 11 is 6.97. The Morgan fingerprint density at radius 2 is 1.92 bits per heavy atom. The van der Waals surface area contributed by atoms with E-state index in [0.29, 0.717) is 16.1 Å². The number of benzene rings is 1. The highest BCUT2D eigenvalue weighted by Crippen LogP contribution is 2.30. The average molecular weight is 407 g/mol. The number of pyridine rings is 1. The number of halogens is 1. The van der Waals surface area contributed by atoms with Crippen LogP contribution in [0.3, 0.4) is 0 Å². The summed E-state index contributed by atoms with van der Waals surface area (Å²) < 4.78 is 26.3. The smallest absolute Gasteiger partial charge is 0.251 e. The molecule has 0 fully saturated rings. The zero-order valence-corrected chi connectivity index (χ0v) is 15.9. The van der Waals surface area contributed by atoms with Crippen LogP contribution in [0, 0.1) is 0 Å². The van der Waals surface area contributed by atoms with Gasteiger partial charge in [0.15, 0.2) is 9.84 Å². The monoisotopic (exact) mass is 406 g/mol. The average Bonchev–Trinajstić information content (AvgIpc) is 3.18. The van der Waals surface area contributed by atoms with Crippen LogP contribution < -0.4 is 5.32 Å². The Morgan fingerprint density at radius 3 is 2.54 bits per heavy atom. The summed E-state index contributed by atoms with van der Waals surface area (Å²) in [6.45, 7) is -0.0621. The van der Waals surface area contributed by atoms with Gasteiger partial charge in [-0.05, 0) is 47.3 Å².